The third-order valence-electron chi connectivity index (χ3n) is 1.95. The number of nitrogens with two attached hydrogens (primary N) is 1. The number of nitrogen functional groups attached to an aromatic ring is 1. The van der Waals surface area contributed by atoms with Gasteiger partial charge in [-0.1, -0.05) is 11.3 Å². The second-order valence-corrected chi connectivity index (χ2v) is 3.97. The normalized spacial score (nSPS) is 23.4. The van der Waals surface area contributed by atoms with E-state index < -0.39 is 0 Å². The molecule has 4 nitrogen and oxygen atoms in total. The molecule has 1 aliphatic rings. The van der Waals surface area contributed by atoms with Crippen LogP contribution in [0.5, 0.6) is 0 Å². The fourth-order valence-electron chi connectivity index (χ4n) is 1.34. The monoisotopic (exact) mass is 185 g/mol. The van der Waals surface area contributed by atoms with Crippen molar-refractivity contribution in [3.63, 3.8) is 0 Å². The lowest BCUT2D eigenvalue weighted by Crippen LogP contribution is -2.20. The molecule has 2 rings (SSSR count). The van der Waals surface area contributed by atoms with Crippen molar-refractivity contribution in [2.24, 2.45) is 0 Å². The Morgan fingerprint density at radius 1 is 1.75 bits per heavy atom. The van der Waals surface area contributed by atoms with Gasteiger partial charge in [0.2, 0.25) is 0 Å². The van der Waals surface area contributed by atoms with Gasteiger partial charge in [0.25, 0.3) is 0 Å². The molecule has 0 aromatic carbocycles. The van der Waals surface area contributed by atoms with Crippen LogP contribution in [-0.4, -0.2) is 29.3 Å². The maximum atomic E-state index is 9.27. The van der Waals surface area contributed by atoms with Gasteiger partial charge in [0, 0.05) is 13.1 Å². The van der Waals surface area contributed by atoms with Gasteiger partial charge in [-0.25, -0.2) is 4.98 Å². The highest BCUT2D eigenvalue weighted by molar-refractivity contribution is 7.19. The van der Waals surface area contributed by atoms with E-state index >= 15 is 0 Å². The largest absolute Gasteiger partial charge is 0.391 e. The Morgan fingerprint density at radius 2 is 2.58 bits per heavy atom. The van der Waals surface area contributed by atoms with Crippen LogP contribution in [-0.2, 0) is 0 Å². The Hall–Kier alpha value is -0.810. The number of hydrogen-bond acceptors (Lipinski definition) is 5. The first-order valence-corrected chi connectivity index (χ1v) is 4.71. The summed E-state index contributed by atoms with van der Waals surface area (Å²) in [5.41, 5.74) is 5.55. The molecular weight excluding hydrogens is 174 g/mol. The van der Waals surface area contributed by atoms with E-state index in [1.165, 1.54) is 11.3 Å². The summed E-state index contributed by atoms with van der Waals surface area (Å²) in [6.45, 7) is 1.57. The average molecular weight is 185 g/mol. The second-order valence-electron chi connectivity index (χ2n) is 2.93. The number of β-amino-alcohol motifs (C(OH)–C–C–N with tert-alkyl or cyclic N) is 1. The fraction of sp³-hybridized carbons (Fsp3) is 0.571. The molecule has 1 aromatic rings. The molecular formula is C7H11N3OS. The van der Waals surface area contributed by atoms with E-state index in [-0.39, 0.29) is 6.10 Å². The van der Waals surface area contributed by atoms with Crippen LogP contribution in [0.2, 0.25) is 0 Å². The standard InChI is InChI=1S/C7H11N3OS/c8-6-3-9-7(12-6)10-2-1-5(11)4-10/h3,5,11H,1-2,4,8H2. The smallest absolute Gasteiger partial charge is 0.187 e. The van der Waals surface area contributed by atoms with E-state index in [1.807, 2.05) is 0 Å². The summed E-state index contributed by atoms with van der Waals surface area (Å²) in [5.74, 6) is 0. The zero-order chi connectivity index (χ0) is 8.55. The van der Waals surface area contributed by atoms with Crippen molar-refractivity contribution < 1.29 is 5.11 Å². The van der Waals surface area contributed by atoms with Crippen molar-refractivity contribution >= 4 is 21.5 Å². The van der Waals surface area contributed by atoms with Gasteiger partial charge in [-0.15, -0.1) is 0 Å². The van der Waals surface area contributed by atoms with Crippen LogP contribution in [0, 0.1) is 0 Å². The molecule has 0 spiro atoms. The Bertz CT molecular complexity index is 275. The molecule has 1 fully saturated rings. The van der Waals surface area contributed by atoms with Crippen LogP contribution in [0.15, 0.2) is 6.20 Å². The van der Waals surface area contributed by atoms with E-state index in [0.29, 0.717) is 6.54 Å². The maximum absolute atomic E-state index is 9.27. The second kappa shape index (κ2) is 2.91. The van der Waals surface area contributed by atoms with Crippen molar-refractivity contribution in [2.45, 2.75) is 12.5 Å². The molecule has 2 heterocycles. The molecule has 12 heavy (non-hydrogen) atoms. The molecule has 1 unspecified atom stereocenters. The van der Waals surface area contributed by atoms with Gasteiger partial charge in [0.15, 0.2) is 5.13 Å². The zero-order valence-electron chi connectivity index (χ0n) is 6.60. The predicted octanol–water partition coefficient (Wildman–Crippen LogP) is 0.296. The third-order valence-corrected chi connectivity index (χ3v) is 2.83. The van der Waals surface area contributed by atoms with E-state index in [2.05, 4.69) is 9.88 Å². The molecule has 0 aliphatic carbocycles. The average Bonchev–Trinajstić information content (AvgIpc) is 2.58. The van der Waals surface area contributed by atoms with Gasteiger partial charge in [-0.05, 0) is 6.42 Å². The van der Waals surface area contributed by atoms with E-state index in [4.69, 9.17) is 5.73 Å². The first kappa shape index (κ1) is 7.82. The summed E-state index contributed by atoms with van der Waals surface area (Å²) in [5, 5.41) is 10.9. The quantitative estimate of drug-likeness (QED) is 0.660. The minimum atomic E-state index is -0.199. The molecule has 0 radical (unpaired) electrons. The topological polar surface area (TPSA) is 62.4 Å². The zero-order valence-corrected chi connectivity index (χ0v) is 7.42. The lowest BCUT2D eigenvalue weighted by atomic mass is 10.3. The summed E-state index contributed by atoms with van der Waals surface area (Å²) in [7, 11) is 0. The van der Waals surface area contributed by atoms with Crippen LogP contribution in [0.25, 0.3) is 0 Å². The number of aliphatic hydroxyl groups is 1. The van der Waals surface area contributed by atoms with Crippen molar-refractivity contribution in [2.75, 3.05) is 23.7 Å². The van der Waals surface area contributed by atoms with Gasteiger partial charge < -0.3 is 15.7 Å². The molecule has 1 aliphatic heterocycles. The minimum absolute atomic E-state index is 0.199. The number of nitrogens with zero attached hydrogens (tertiary/aromatic N) is 2. The van der Waals surface area contributed by atoms with Gasteiger partial charge in [0.1, 0.15) is 5.00 Å². The summed E-state index contributed by atoms with van der Waals surface area (Å²) < 4.78 is 0. The van der Waals surface area contributed by atoms with E-state index in [1.54, 1.807) is 6.20 Å². The molecule has 1 saturated heterocycles. The third kappa shape index (κ3) is 1.37. The predicted molar refractivity (Wildman–Crippen MR) is 49.4 cm³/mol. The molecule has 0 amide bonds. The van der Waals surface area contributed by atoms with Gasteiger partial charge in [-0.2, -0.15) is 0 Å². The minimum Gasteiger partial charge on any atom is -0.391 e. The number of hydrogen-bond donors (Lipinski definition) is 2. The SMILES string of the molecule is Nc1cnc(N2CCC(O)C2)s1. The molecule has 1 aromatic heterocycles. The number of rotatable bonds is 1. The lowest BCUT2D eigenvalue weighted by Gasteiger charge is -2.12. The highest BCUT2D eigenvalue weighted by Crippen LogP contribution is 2.26. The van der Waals surface area contributed by atoms with Crippen molar-refractivity contribution in [3.05, 3.63) is 6.20 Å². The van der Waals surface area contributed by atoms with Crippen molar-refractivity contribution in [1.29, 1.82) is 0 Å². The van der Waals surface area contributed by atoms with Gasteiger partial charge in [0.05, 0.1) is 12.3 Å². The Balaban J connectivity index is 2.11. The lowest BCUT2D eigenvalue weighted by molar-refractivity contribution is 0.198. The summed E-state index contributed by atoms with van der Waals surface area (Å²) in [6.07, 6.45) is 2.29. The molecule has 0 bridgehead atoms. The van der Waals surface area contributed by atoms with Crippen LogP contribution < -0.4 is 10.6 Å². The number of thiazole rings is 1. The molecule has 3 N–H and O–H groups in total. The van der Waals surface area contributed by atoms with Gasteiger partial charge in [-0.3, -0.25) is 0 Å². The first-order valence-electron chi connectivity index (χ1n) is 3.90. The maximum Gasteiger partial charge on any atom is 0.187 e. The Labute approximate surface area is 74.6 Å². The van der Waals surface area contributed by atoms with E-state index in [0.717, 1.165) is 23.1 Å². The van der Waals surface area contributed by atoms with E-state index in [9.17, 15) is 5.11 Å². The van der Waals surface area contributed by atoms with Crippen LogP contribution in [0.3, 0.4) is 0 Å². The summed E-state index contributed by atoms with van der Waals surface area (Å²) in [6, 6.07) is 0. The molecule has 5 heteroatoms. The number of aliphatic hydroxyl groups excluding tert-OH is 1. The first-order chi connectivity index (χ1) is 5.75. The summed E-state index contributed by atoms with van der Waals surface area (Å²) >= 11 is 1.47. The van der Waals surface area contributed by atoms with Crippen LogP contribution >= 0.6 is 11.3 Å². The highest BCUT2D eigenvalue weighted by atomic mass is 32.1. The number of anilines is 2. The molecule has 66 valence electrons. The van der Waals surface area contributed by atoms with Crippen LogP contribution in [0.1, 0.15) is 6.42 Å². The Kier molecular flexibility index (Phi) is 1.90. The van der Waals surface area contributed by atoms with Crippen molar-refractivity contribution in [3.8, 4) is 0 Å². The Morgan fingerprint density at radius 3 is 3.08 bits per heavy atom. The molecule has 0 saturated carbocycles. The summed E-state index contributed by atoms with van der Waals surface area (Å²) in [4.78, 5) is 6.20. The molecule has 1 atom stereocenters. The number of aromatic nitrogens is 1. The van der Waals surface area contributed by atoms with Crippen molar-refractivity contribution in [1.82, 2.24) is 4.98 Å². The highest BCUT2D eigenvalue weighted by Gasteiger charge is 2.22. The van der Waals surface area contributed by atoms with Crippen LogP contribution in [0.4, 0.5) is 10.1 Å². The fourth-order valence-corrected chi connectivity index (χ4v) is 2.06. The van der Waals surface area contributed by atoms with Gasteiger partial charge >= 0.3 is 0 Å².